The van der Waals surface area contributed by atoms with Crippen LogP contribution in [0.5, 0.6) is 0 Å². The van der Waals surface area contributed by atoms with Gasteiger partial charge in [-0.25, -0.2) is 19.2 Å². The molecular formula is C27H26FN5O3. The number of halogens is 1. The highest BCUT2D eigenvalue weighted by Crippen LogP contribution is 2.32. The summed E-state index contributed by atoms with van der Waals surface area (Å²) in [6, 6.07) is 10.2. The second-order valence-electron chi connectivity index (χ2n) is 9.61. The number of nitrogens with one attached hydrogen (secondary N) is 1. The van der Waals surface area contributed by atoms with Crippen LogP contribution in [0.4, 0.5) is 9.18 Å². The number of amides is 4. The molecule has 0 aliphatic carbocycles. The highest BCUT2D eigenvalue weighted by Gasteiger charge is 2.36. The number of carbonyl (C=O) groups excluding carboxylic acids is 3. The number of urea groups is 1. The molecule has 9 heteroatoms. The quantitative estimate of drug-likeness (QED) is 0.612. The Morgan fingerprint density at radius 2 is 1.83 bits per heavy atom. The lowest BCUT2D eigenvalue weighted by atomic mass is 9.98. The van der Waals surface area contributed by atoms with Gasteiger partial charge in [-0.05, 0) is 47.4 Å². The number of benzene rings is 2. The molecular weight excluding hydrogens is 461 g/mol. The van der Waals surface area contributed by atoms with Crippen LogP contribution in [0.15, 0.2) is 48.7 Å². The third-order valence-electron chi connectivity index (χ3n) is 7.28. The van der Waals surface area contributed by atoms with Gasteiger partial charge in [0, 0.05) is 55.8 Å². The first kappa shape index (κ1) is 22.5. The zero-order chi connectivity index (χ0) is 25.0. The van der Waals surface area contributed by atoms with Crippen molar-refractivity contribution in [2.45, 2.75) is 25.9 Å². The van der Waals surface area contributed by atoms with Crippen LogP contribution >= 0.6 is 0 Å². The monoisotopic (exact) mass is 487 g/mol. The molecule has 6 rings (SSSR count). The molecule has 3 aliphatic heterocycles. The van der Waals surface area contributed by atoms with Gasteiger partial charge in [0.2, 0.25) is 5.91 Å². The smallest absolute Gasteiger partial charge is 0.342 e. The number of fused-ring (bicyclic) bond motifs is 2. The standard InChI is InChI=1S/C27H26FN5O3/c1-30-16-23(22-5-3-20(28)13-24(22)30)18-6-9-31(10-7-18)14-17-2-4-21-19(12-17)15-33(26(21)35)32-11-8-25(34)29-27(32)36/h2-6,12-13,16H,7-11,14-15H2,1H3,(H,29,34,36). The third kappa shape index (κ3) is 3.85. The van der Waals surface area contributed by atoms with Gasteiger partial charge in [0.1, 0.15) is 5.82 Å². The molecule has 1 N–H and O–H groups in total. The van der Waals surface area contributed by atoms with Crippen LogP contribution in [0.1, 0.15) is 39.9 Å². The van der Waals surface area contributed by atoms with Crippen LogP contribution in [0.3, 0.4) is 0 Å². The van der Waals surface area contributed by atoms with E-state index in [1.807, 2.05) is 35.9 Å². The van der Waals surface area contributed by atoms with Crippen LogP contribution in [-0.2, 0) is 24.9 Å². The van der Waals surface area contributed by atoms with Crippen molar-refractivity contribution in [3.8, 4) is 0 Å². The number of hydrogen-bond donors (Lipinski definition) is 1. The van der Waals surface area contributed by atoms with Gasteiger partial charge < -0.3 is 4.57 Å². The number of carbonyl (C=O) groups is 3. The molecule has 184 valence electrons. The predicted octanol–water partition coefficient (Wildman–Crippen LogP) is 3.42. The molecule has 0 spiro atoms. The molecule has 0 unspecified atom stereocenters. The minimum Gasteiger partial charge on any atom is -0.350 e. The van der Waals surface area contributed by atoms with Crippen LogP contribution in [0.25, 0.3) is 16.5 Å². The van der Waals surface area contributed by atoms with Gasteiger partial charge in [0.15, 0.2) is 0 Å². The maximum atomic E-state index is 13.7. The molecule has 0 atom stereocenters. The lowest BCUT2D eigenvalue weighted by Gasteiger charge is -2.33. The Morgan fingerprint density at radius 1 is 0.972 bits per heavy atom. The van der Waals surface area contributed by atoms with Gasteiger partial charge in [-0.15, -0.1) is 0 Å². The van der Waals surface area contributed by atoms with E-state index in [0.29, 0.717) is 12.1 Å². The number of aryl methyl sites for hydroxylation is 1. The number of imide groups is 1. The molecule has 8 nitrogen and oxygen atoms in total. The first-order chi connectivity index (χ1) is 17.4. The summed E-state index contributed by atoms with van der Waals surface area (Å²) < 4.78 is 15.7. The number of hydrogen-bond acceptors (Lipinski definition) is 4. The van der Waals surface area contributed by atoms with Gasteiger partial charge in [-0.2, -0.15) is 0 Å². The molecule has 4 amide bonds. The molecule has 2 aromatic carbocycles. The lowest BCUT2D eigenvalue weighted by molar-refractivity contribution is -0.123. The number of hydrazine groups is 1. The van der Waals surface area contributed by atoms with Crippen molar-refractivity contribution in [1.82, 2.24) is 24.8 Å². The zero-order valence-electron chi connectivity index (χ0n) is 20.0. The average Bonchev–Trinajstić information content (AvgIpc) is 3.36. The lowest BCUT2D eigenvalue weighted by Crippen LogP contribution is -2.56. The summed E-state index contributed by atoms with van der Waals surface area (Å²) in [7, 11) is 1.94. The van der Waals surface area contributed by atoms with E-state index in [9.17, 15) is 18.8 Å². The molecule has 0 saturated carbocycles. The Kier molecular flexibility index (Phi) is 5.37. The van der Waals surface area contributed by atoms with Crippen molar-refractivity contribution in [1.29, 1.82) is 0 Å². The van der Waals surface area contributed by atoms with E-state index in [-0.39, 0.29) is 30.6 Å². The molecule has 1 saturated heterocycles. The van der Waals surface area contributed by atoms with E-state index < -0.39 is 6.03 Å². The highest BCUT2D eigenvalue weighted by molar-refractivity contribution is 6.02. The topological polar surface area (TPSA) is 77.9 Å². The Bertz CT molecular complexity index is 1460. The Labute approximate surface area is 207 Å². The van der Waals surface area contributed by atoms with Gasteiger partial charge in [-0.3, -0.25) is 19.8 Å². The fourth-order valence-corrected chi connectivity index (χ4v) is 5.41. The zero-order valence-corrected chi connectivity index (χ0v) is 20.0. The van der Waals surface area contributed by atoms with Gasteiger partial charge in [0.05, 0.1) is 18.6 Å². The second kappa shape index (κ2) is 8.60. The molecule has 0 radical (unpaired) electrons. The van der Waals surface area contributed by atoms with Gasteiger partial charge >= 0.3 is 6.03 Å². The first-order valence-electron chi connectivity index (χ1n) is 12.1. The van der Waals surface area contributed by atoms with E-state index in [0.717, 1.165) is 53.6 Å². The van der Waals surface area contributed by atoms with Crippen molar-refractivity contribution in [2.75, 3.05) is 19.6 Å². The van der Waals surface area contributed by atoms with Crippen LogP contribution in [0, 0.1) is 5.82 Å². The minimum absolute atomic E-state index is 0.178. The SMILES string of the molecule is Cn1cc(C2=CCN(Cc3ccc4c(c3)CN(N3CCC(=O)NC3=O)C4=O)CC2)c2ccc(F)cc21. The summed E-state index contributed by atoms with van der Waals surface area (Å²) in [5, 5.41) is 6.08. The van der Waals surface area contributed by atoms with Crippen LogP contribution in [0.2, 0.25) is 0 Å². The average molecular weight is 488 g/mol. The summed E-state index contributed by atoms with van der Waals surface area (Å²) in [6.45, 7) is 2.97. The number of nitrogens with zero attached hydrogens (tertiary/aromatic N) is 4. The van der Waals surface area contributed by atoms with E-state index in [2.05, 4.69) is 22.5 Å². The number of rotatable bonds is 4. The number of aromatic nitrogens is 1. The fraction of sp³-hybridized carbons (Fsp3) is 0.296. The van der Waals surface area contributed by atoms with Crippen LogP contribution < -0.4 is 5.32 Å². The largest absolute Gasteiger partial charge is 0.350 e. The fourth-order valence-electron chi connectivity index (χ4n) is 5.41. The molecule has 1 fully saturated rings. The van der Waals surface area contributed by atoms with Crippen molar-refractivity contribution in [3.05, 3.63) is 76.7 Å². The summed E-state index contributed by atoms with van der Waals surface area (Å²) >= 11 is 0. The van der Waals surface area contributed by atoms with Gasteiger partial charge in [0.25, 0.3) is 5.91 Å². The third-order valence-corrected chi connectivity index (χ3v) is 7.28. The van der Waals surface area contributed by atoms with E-state index in [1.165, 1.54) is 21.7 Å². The van der Waals surface area contributed by atoms with Crippen LogP contribution in [-0.4, -0.2) is 57.0 Å². The molecule has 36 heavy (non-hydrogen) atoms. The Balaban J connectivity index is 1.15. The summed E-state index contributed by atoms with van der Waals surface area (Å²) in [5.41, 5.74) is 5.92. The van der Waals surface area contributed by atoms with Gasteiger partial charge in [-0.1, -0.05) is 18.2 Å². The van der Waals surface area contributed by atoms with Crippen molar-refractivity contribution < 1.29 is 18.8 Å². The Hall–Kier alpha value is -3.98. The Morgan fingerprint density at radius 3 is 2.61 bits per heavy atom. The minimum atomic E-state index is -0.556. The summed E-state index contributed by atoms with van der Waals surface area (Å²) in [6.07, 6.45) is 5.40. The van der Waals surface area contributed by atoms with Crippen molar-refractivity contribution >= 4 is 34.3 Å². The molecule has 3 aromatic rings. The van der Waals surface area contributed by atoms with E-state index in [4.69, 9.17) is 0 Å². The second-order valence-corrected chi connectivity index (χ2v) is 9.61. The van der Waals surface area contributed by atoms with Crippen molar-refractivity contribution in [3.63, 3.8) is 0 Å². The predicted molar refractivity (Wildman–Crippen MR) is 132 cm³/mol. The maximum absolute atomic E-state index is 13.7. The summed E-state index contributed by atoms with van der Waals surface area (Å²) in [4.78, 5) is 38.9. The van der Waals surface area contributed by atoms with E-state index in [1.54, 1.807) is 6.07 Å². The summed E-state index contributed by atoms with van der Waals surface area (Å²) in [5.74, 6) is -0.773. The molecule has 0 bridgehead atoms. The molecule has 4 heterocycles. The normalized spacial score (nSPS) is 18.6. The highest BCUT2D eigenvalue weighted by atomic mass is 19.1. The van der Waals surface area contributed by atoms with Crippen molar-refractivity contribution in [2.24, 2.45) is 7.05 Å². The molecule has 1 aromatic heterocycles. The first-order valence-corrected chi connectivity index (χ1v) is 12.1. The molecule has 3 aliphatic rings. The van der Waals surface area contributed by atoms with E-state index >= 15 is 0 Å². The maximum Gasteiger partial charge on any atom is 0.342 e.